The fraction of sp³-hybridized carbons (Fsp3) is 0.824. The summed E-state index contributed by atoms with van der Waals surface area (Å²) in [5.74, 6) is 0. The Labute approximate surface area is 129 Å². The van der Waals surface area contributed by atoms with Gasteiger partial charge in [0.2, 0.25) is 0 Å². The van der Waals surface area contributed by atoms with Gasteiger partial charge in [0.15, 0.2) is 0 Å². The number of unbranched alkanes of at least 4 members (excludes halogenated alkanes) is 1. The first kappa shape index (κ1) is 18.0. The number of carbonyl (C=O) groups is 1. The second kappa shape index (κ2) is 7.83. The molecule has 0 radical (unpaired) electrons. The molecule has 0 aromatic carbocycles. The third-order valence-corrected chi connectivity index (χ3v) is 3.93. The molecule has 122 valence electrons. The lowest BCUT2D eigenvalue weighted by Gasteiger charge is -2.41. The van der Waals surface area contributed by atoms with Crippen LogP contribution in [0.5, 0.6) is 0 Å². The van der Waals surface area contributed by atoms with Crippen LogP contribution in [0.15, 0.2) is 12.7 Å². The summed E-state index contributed by atoms with van der Waals surface area (Å²) < 4.78 is 11.6. The molecule has 0 N–H and O–H groups in total. The summed E-state index contributed by atoms with van der Waals surface area (Å²) >= 11 is 0. The number of hydrogen-bond donors (Lipinski definition) is 0. The van der Waals surface area contributed by atoms with Gasteiger partial charge in [0.05, 0.1) is 5.60 Å². The highest BCUT2D eigenvalue weighted by molar-refractivity contribution is 5.68. The van der Waals surface area contributed by atoms with Crippen molar-refractivity contribution in [2.24, 2.45) is 0 Å². The third-order valence-electron chi connectivity index (χ3n) is 3.93. The van der Waals surface area contributed by atoms with Crippen LogP contribution in [0.2, 0.25) is 0 Å². The molecule has 0 bridgehead atoms. The molecule has 0 aliphatic carbocycles. The Kier molecular flexibility index (Phi) is 6.72. The highest BCUT2D eigenvalue weighted by atomic mass is 16.6. The Morgan fingerprint density at radius 3 is 2.43 bits per heavy atom. The molecule has 21 heavy (non-hydrogen) atoms. The largest absolute Gasteiger partial charge is 0.444 e. The number of carbonyl (C=O) groups excluding carboxylic acids is 1. The summed E-state index contributed by atoms with van der Waals surface area (Å²) in [6, 6.07) is 0. The standard InChI is InChI=1S/C17H31NO3/c1-6-8-9-14-20-17(7-2)10-12-18(13-11-17)15(19)21-16(3,4)5/h6H,1,7-14H2,2-5H3. The number of likely N-dealkylation sites (tertiary alicyclic amines) is 1. The first-order valence-electron chi connectivity index (χ1n) is 8.05. The van der Waals surface area contributed by atoms with Crippen molar-refractivity contribution in [3.8, 4) is 0 Å². The van der Waals surface area contributed by atoms with Crippen molar-refractivity contribution in [2.45, 2.75) is 71.0 Å². The normalized spacial score (nSPS) is 18.4. The maximum absolute atomic E-state index is 12.1. The van der Waals surface area contributed by atoms with E-state index in [-0.39, 0.29) is 11.7 Å². The summed E-state index contributed by atoms with van der Waals surface area (Å²) in [7, 11) is 0. The van der Waals surface area contributed by atoms with Gasteiger partial charge in [-0.1, -0.05) is 13.0 Å². The number of rotatable bonds is 6. The SMILES string of the molecule is C=CCCCOC1(CC)CCN(C(=O)OC(C)(C)C)CC1. The number of nitrogens with zero attached hydrogens (tertiary/aromatic N) is 1. The van der Waals surface area contributed by atoms with Gasteiger partial charge in [0.25, 0.3) is 0 Å². The van der Waals surface area contributed by atoms with E-state index < -0.39 is 5.60 Å². The Morgan fingerprint density at radius 2 is 1.95 bits per heavy atom. The first-order chi connectivity index (χ1) is 9.82. The van der Waals surface area contributed by atoms with Gasteiger partial charge in [0.1, 0.15) is 5.60 Å². The molecule has 0 saturated carbocycles. The van der Waals surface area contributed by atoms with Crippen molar-refractivity contribution >= 4 is 6.09 Å². The van der Waals surface area contributed by atoms with E-state index >= 15 is 0 Å². The summed E-state index contributed by atoms with van der Waals surface area (Å²) in [6.45, 7) is 13.8. The fourth-order valence-corrected chi connectivity index (χ4v) is 2.54. The van der Waals surface area contributed by atoms with Gasteiger partial charge in [-0.15, -0.1) is 6.58 Å². The average molecular weight is 297 g/mol. The minimum Gasteiger partial charge on any atom is -0.444 e. The Balaban J connectivity index is 2.44. The molecule has 1 fully saturated rings. The van der Waals surface area contributed by atoms with Crippen molar-refractivity contribution in [3.63, 3.8) is 0 Å². The highest BCUT2D eigenvalue weighted by Gasteiger charge is 2.36. The second-order valence-electron chi connectivity index (χ2n) is 6.78. The summed E-state index contributed by atoms with van der Waals surface area (Å²) in [4.78, 5) is 13.9. The number of amides is 1. The van der Waals surface area contributed by atoms with Crippen LogP contribution in [-0.4, -0.2) is 41.9 Å². The van der Waals surface area contributed by atoms with E-state index in [1.165, 1.54) is 0 Å². The molecular formula is C17H31NO3. The van der Waals surface area contributed by atoms with Gasteiger partial charge in [-0.2, -0.15) is 0 Å². The van der Waals surface area contributed by atoms with Crippen molar-refractivity contribution in [1.82, 2.24) is 4.90 Å². The molecule has 1 rings (SSSR count). The van der Waals surface area contributed by atoms with Gasteiger partial charge in [0, 0.05) is 19.7 Å². The number of allylic oxidation sites excluding steroid dienone is 1. The summed E-state index contributed by atoms with van der Waals surface area (Å²) in [5.41, 5.74) is -0.503. The molecule has 4 heteroatoms. The minimum atomic E-state index is -0.433. The Morgan fingerprint density at radius 1 is 1.33 bits per heavy atom. The van der Waals surface area contributed by atoms with E-state index in [1.807, 2.05) is 26.8 Å². The highest BCUT2D eigenvalue weighted by Crippen LogP contribution is 2.30. The average Bonchev–Trinajstić information content (AvgIpc) is 2.42. The van der Waals surface area contributed by atoms with Crippen molar-refractivity contribution in [3.05, 3.63) is 12.7 Å². The zero-order valence-electron chi connectivity index (χ0n) is 14.1. The van der Waals surface area contributed by atoms with E-state index in [4.69, 9.17) is 9.47 Å². The van der Waals surface area contributed by atoms with Gasteiger partial charge < -0.3 is 14.4 Å². The first-order valence-corrected chi connectivity index (χ1v) is 8.05. The summed E-state index contributed by atoms with van der Waals surface area (Å²) in [6.07, 6.45) is 6.48. The molecule has 0 aromatic rings. The van der Waals surface area contributed by atoms with Crippen LogP contribution < -0.4 is 0 Å². The molecular weight excluding hydrogens is 266 g/mol. The fourth-order valence-electron chi connectivity index (χ4n) is 2.54. The van der Waals surface area contributed by atoms with E-state index in [0.29, 0.717) is 13.1 Å². The van der Waals surface area contributed by atoms with E-state index in [1.54, 1.807) is 4.90 Å². The topological polar surface area (TPSA) is 38.8 Å². The smallest absolute Gasteiger partial charge is 0.410 e. The number of ether oxygens (including phenoxy) is 2. The van der Waals surface area contributed by atoms with Gasteiger partial charge in [-0.05, 0) is 52.9 Å². The van der Waals surface area contributed by atoms with Crippen LogP contribution in [0, 0.1) is 0 Å². The molecule has 4 nitrogen and oxygen atoms in total. The van der Waals surface area contributed by atoms with E-state index in [9.17, 15) is 4.79 Å². The van der Waals surface area contributed by atoms with Crippen LogP contribution in [-0.2, 0) is 9.47 Å². The van der Waals surface area contributed by atoms with Crippen molar-refractivity contribution < 1.29 is 14.3 Å². The van der Waals surface area contributed by atoms with Gasteiger partial charge >= 0.3 is 6.09 Å². The van der Waals surface area contributed by atoms with Gasteiger partial charge in [-0.3, -0.25) is 0 Å². The molecule has 0 spiro atoms. The quantitative estimate of drug-likeness (QED) is 0.546. The minimum absolute atomic E-state index is 0.0698. The van der Waals surface area contributed by atoms with Gasteiger partial charge in [-0.25, -0.2) is 4.79 Å². The molecule has 1 aliphatic rings. The lowest BCUT2D eigenvalue weighted by molar-refractivity contribution is -0.0871. The van der Waals surface area contributed by atoms with Crippen molar-refractivity contribution in [1.29, 1.82) is 0 Å². The Bertz CT molecular complexity index is 338. The molecule has 0 unspecified atom stereocenters. The van der Waals surface area contributed by atoms with Crippen LogP contribution in [0.4, 0.5) is 4.79 Å². The molecule has 0 atom stereocenters. The van der Waals surface area contributed by atoms with Crippen LogP contribution in [0.1, 0.15) is 59.8 Å². The zero-order chi connectivity index (χ0) is 15.9. The number of hydrogen-bond acceptors (Lipinski definition) is 3. The van der Waals surface area contributed by atoms with Crippen LogP contribution in [0.3, 0.4) is 0 Å². The number of piperidine rings is 1. The maximum Gasteiger partial charge on any atom is 0.410 e. The lowest BCUT2D eigenvalue weighted by atomic mass is 9.88. The molecule has 1 aliphatic heterocycles. The zero-order valence-corrected chi connectivity index (χ0v) is 14.1. The molecule has 1 heterocycles. The van der Waals surface area contributed by atoms with E-state index in [0.717, 1.165) is 38.7 Å². The predicted molar refractivity (Wildman–Crippen MR) is 85.4 cm³/mol. The molecule has 0 aromatic heterocycles. The van der Waals surface area contributed by atoms with E-state index in [2.05, 4.69) is 13.5 Å². The monoisotopic (exact) mass is 297 g/mol. The van der Waals surface area contributed by atoms with Crippen LogP contribution >= 0.6 is 0 Å². The predicted octanol–water partition coefficient (Wildman–Crippen LogP) is 4.15. The summed E-state index contributed by atoms with van der Waals surface area (Å²) in [5, 5.41) is 0. The second-order valence-corrected chi connectivity index (χ2v) is 6.78. The third kappa shape index (κ3) is 6.08. The Hall–Kier alpha value is -1.03. The molecule has 1 amide bonds. The maximum atomic E-state index is 12.1. The van der Waals surface area contributed by atoms with Crippen molar-refractivity contribution in [2.75, 3.05) is 19.7 Å². The lowest BCUT2D eigenvalue weighted by Crippen LogP contribution is -2.49. The van der Waals surface area contributed by atoms with Crippen LogP contribution in [0.25, 0.3) is 0 Å². The molecule has 1 saturated heterocycles.